The molecule has 0 spiro atoms. The van der Waals surface area contributed by atoms with Gasteiger partial charge in [-0.15, -0.1) is 0 Å². The lowest BCUT2D eigenvalue weighted by Crippen LogP contribution is -2.26. The van der Waals surface area contributed by atoms with E-state index in [-0.39, 0.29) is 5.75 Å². The number of pyridine rings is 1. The summed E-state index contributed by atoms with van der Waals surface area (Å²) >= 11 is 6.49. The van der Waals surface area contributed by atoms with Gasteiger partial charge in [-0.1, -0.05) is 48.5 Å². The van der Waals surface area contributed by atoms with Crippen LogP contribution in [-0.2, 0) is 16.4 Å². The summed E-state index contributed by atoms with van der Waals surface area (Å²) in [6.45, 7) is 4.63. The smallest absolute Gasteiger partial charge is 0.180 e. The van der Waals surface area contributed by atoms with E-state index in [9.17, 15) is 8.42 Å². The molecule has 4 nitrogen and oxygen atoms in total. The second-order valence-corrected chi connectivity index (χ2v) is 8.78. The molecule has 0 saturated carbocycles. The predicted octanol–water partition coefficient (Wildman–Crippen LogP) is 4.33. The monoisotopic (exact) mass is 384 g/mol. The molecule has 132 valence electrons. The van der Waals surface area contributed by atoms with Gasteiger partial charge in [-0.05, 0) is 35.4 Å². The van der Waals surface area contributed by atoms with Crippen molar-refractivity contribution in [3.05, 3.63) is 71.3 Å². The Kier molecular flexibility index (Phi) is 4.21. The number of aromatic nitrogens is 1. The molecule has 6 heteroatoms. The van der Waals surface area contributed by atoms with Crippen molar-refractivity contribution in [1.82, 2.24) is 4.98 Å². The molecule has 0 fully saturated rings. The topological polar surface area (TPSA) is 50.3 Å². The maximum atomic E-state index is 12.5. The van der Waals surface area contributed by atoms with Crippen molar-refractivity contribution in [2.75, 3.05) is 17.2 Å². The van der Waals surface area contributed by atoms with Crippen molar-refractivity contribution in [1.29, 1.82) is 0 Å². The van der Waals surface area contributed by atoms with E-state index in [1.54, 1.807) is 24.3 Å². The zero-order chi connectivity index (χ0) is 18.3. The first-order valence-corrected chi connectivity index (χ1v) is 10.3. The van der Waals surface area contributed by atoms with Gasteiger partial charge in [-0.3, -0.25) is 0 Å². The lowest BCUT2D eigenvalue weighted by Gasteiger charge is -2.22. The van der Waals surface area contributed by atoms with Crippen LogP contribution in [0, 0.1) is 0 Å². The molecule has 1 aliphatic heterocycles. The highest BCUT2D eigenvalue weighted by atomic mass is 35.5. The van der Waals surface area contributed by atoms with E-state index < -0.39 is 9.84 Å². The number of nitrogens with zero attached hydrogens (tertiary/aromatic N) is 2. The van der Waals surface area contributed by atoms with Crippen LogP contribution >= 0.6 is 11.6 Å². The first-order chi connectivity index (χ1) is 12.5. The summed E-state index contributed by atoms with van der Waals surface area (Å²) in [5.41, 5.74) is 2.53. The Morgan fingerprint density at radius 1 is 1.15 bits per heavy atom. The summed E-state index contributed by atoms with van der Waals surface area (Å²) in [6.07, 6.45) is 1.76. The van der Waals surface area contributed by atoms with Gasteiger partial charge in [-0.25, -0.2) is 13.4 Å². The third-order valence-electron chi connectivity index (χ3n) is 4.63. The number of anilines is 1. The molecule has 0 radical (unpaired) electrons. The van der Waals surface area contributed by atoms with Crippen molar-refractivity contribution in [3.63, 3.8) is 0 Å². The molecule has 0 atom stereocenters. The van der Waals surface area contributed by atoms with Crippen LogP contribution < -0.4 is 4.90 Å². The lowest BCUT2D eigenvalue weighted by atomic mass is 10.1. The van der Waals surface area contributed by atoms with Crippen LogP contribution in [0.5, 0.6) is 0 Å². The zero-order valence-corrected chi connectivity index (χ0v) is 15.6. The number of halogens is 1. The fourth-order valence-corrected chi connectivity index (χ4v) is 4.98. The second kappa shape index (κ2) is 6.41. The van der Waals surface area contributed by atoms with Gasteiger partial charge in [-0.2, -0.15) is 0 Å². The van der Waals surface area contributed by atoms with Crippen LogP contribution in [0.2, 0.25) is 5.02 Å². The third kappa shape index (κ3) is 2.97. The molecule has 3 aromatic rings. The normalized spacial score (nSPS) is 16.1. The Morgan fingerprint density at radius 2 is 1.96 bits per heavy atom. The Morgan fingerprint density at radius 3 is 2.77 bits per heavy atom. The molecule has 0 N–H and O–H groups in total. The van der Waals surface area contributed by atoms with Gasteiger partial charge in [0.1, 0.15) is 5.82 Å². The zero-order valence-electron chi connectivity index (χ0n) is 14.0. The molecule has 1 aliphatic rings. The molecule has 26 heavy (non-hydrogen) atoms. The third-order valence-corrected chi connectivity index (χ3v) is 6.73. The molecule has 0 aliphatic carbocycles. The van der Waals surface area contributed by atoms with Gasteiger partial charge < -0.3 is 4.90 Å². The number of rotatable bonds is 2. The lowest BCUT2D eigenvalue weighted by molar-refractivity contribution is 0.596. The van der Waals surface area contributed by atoms with Gasteiger partial charge in [0.15, 0.2) is 9.84 Å². The summed E-state index contributed by atoms with van der Waals surface area (Å²) in [6, 6.07) is 14.7. The molecule has 0 amide bonds. The Hall–Kier alpha value is -2.37. The number of sulfone groups is 1. The van der Waals surface area contributed by atoms with Gasteiger partial charge >= 0.3 is 0 Å². The molecule has 4 rings (SSSR count). The highest BCUT2D eigenvalue weighted by Gasteiger charge is 2.26. The summed E-state index contributed by atoms with van der Waals surface area (Å²) in [4.78, 5) is 7.09. The highest BCUT2D eigenvalue weighted by molar-refractivity contribution is 7.91. The summed E-state index contributed by atoms with van der Waals surface area (Å²) in [5.74, 6) is 0.734. The molecule has 2 aromatic carbocycles. The number of hydrogen-bond acceptors (Lipinski definition) is 4. The minimum Gasteiger partial charge on any atom is -0.351 e. The number of fused-ring (bicyclic) bond motifs is 2. The van der Waals surface area contributed by atoms with Crippen molar-refractivity contribution in [2.24, 2.45) is 0 Å². The second-order valence-electron chi connectivity index (χ2n) is 6.29. The fourth-order valence-electron chi connectivity index (χ4n) is 3.24. The van der Waals surface area contributed by atoms with Crippen molar-refractivity contribution < 1.29 is 8.42 Å². The fraction of sp³-hybridized carbons (Fsp3) is 0.150. The molecular weight excluding hydrogens is 368 g/mol. The van der Waals surface area contributed by atoms with Gasteiger partial charge in [0.05, 0.1) is 21.2 Å². The maximum absolute atomic E-state index is 12.5. The summed E-state index contributed by atoms with van der Waals surface area (Å²) in [5, 5.41) is 1.45. The molecule has 1 aromatic heterocycles. The predicted molar refractivity (Wildman–Crippen MR) is 106 cm³/mol. The van der Waals surface area contributed by atoms with E-state index in [0.29, 0.717) is 28.8 Å². The van der Waals surface area contributed by atoms with E-state index in [4.69, 9.17) is 16.6 Å². The first-order valence-electron chi connectivity index (χ1n) is 8.26. The van der Waals surface area contributed by atoms with Crippen LogP contribution in [0.25, 0.3) is 17.0 Å². The standard InChI is InChI=1S/C20H17ClN2O2S/c1-2-14-7-8-18-16(11-14)17(21)12-20(22-18)23-9-10-26(24,25)19-6-4-3-5-15(19)13-23/h2-8,11-12H,1,9-10,13H2. The average Bonchev–Trinajstić information content (AvgIpc) is 2.78. The maximum Gasteiger partial charge on any atom is 0.180 e. The molecule has 2 heterocycles. The van der Waals surface area contributed by atoms with Gasteiger partial charge in [0.25, 0.3) is 0 Å². The largest absolute Gasteiger partial charge is 0.351 e. The van der Waals surface area contributed by atoms with E-state index >= 15 is 0 Å². The minimum absolute atomic E-state index is 0.0523. The van der Waals surface area contributed by atoms with Crippen molar-refractivity contribution in [2.45, 2.75) is 11.4 Å². The Labute approximate surface area is 157 Å². The quantitative estimate of drug-likeness (QED) is 0.660. The number of hydrogen-bond donors (Lipinski definition) is 0. The first kappa shape index (κ1) is 17.1. The van der Waals surface area contributed by atoms with Crippen LogP contribution in [0.4, 0.5) is 5.82 Å². The van der Waals surface area contributed by atoms with Crippen molar-refractivity contribution >= 4 is 44.2 Å². The van der Waals surface area contributed by atoms with Gasteiger partial charge in [0.2, 0.25) is 0 Å². The highest BCUT2D eigenvalue weighted by Crippen LogP contribution is 2.31. The number of benzene rings is 2. The molecule has 0 saturated heterocycles. The SMILES string of the molecule is C=Cc1ccc2nc(N3CCS(=O)(=O)c4ccccc4C3)cc(Cl)c2c1. The minimum atomic E-state index is -3.29. The van der Waals surface area contributed by atoms with Gasteiger partial charge in [0, 0.05) is 18.5 Å². The Balaban J connectivity index is 1.80. The van der Waals surface area contributed by atoms with E-state index in [1.807, 2.05) is 35.2 Å². The summed E-state index contributed by atoms with van der Waals surface area (Å²) in [7, 11) is -3.29. The van der Waals surface area contributed by atoms with Crippen LogP contribution in [0.15, 0.2) is 60.0 Å². The van der Waals surface area contributed by atoms with E-state index in [0.717, 1.165) is 22.0 Å². The van der Waals surface area contributed by atoms with E-state index in [2.05, 4.69) is 6.58 Å². The molecule has 0 bridgehead atoms. The van der Waals surface area contributed by atoms with Crippen molar-refractivity contribution in [3.8, 4) is 0 Å². The van der Waals surface area contributed by atoms with E-state index in [1.165, 1.54) is 0 Å². The molecule has 0 unspecified atom stereocenters. The van der Waals surface area contributed by atoms with Crippen LogP contribution in [-0.4, -0.2) is 25.7 Å². The Bertz CT molecular complexity index is 1130. The van der Waals surface area contributed by atoms with Crippen LogP contribution in [0.1, 0.15) is 11.1 Å². The average molecular weight is 385 g/mol. The summed E-state index contributed by atoms with van der Waals surface area (Å²) < 4.78 is 25.1. The molecular formula is C20H17ClN2O2S. The van der Waals surface area contributed by atoms with Crippen LogP contribution in [0.3, 0.4) is 0 Å².